The van der Waals surface area contributed by atoms with Gasteiger partial charge >= 0.3 is 30.0 Å². The number of aryl methyl sites for hydroxylation is 1. The predicted molar refractivity (Wildman–Crippen MR) is 217 cm³/mol. The van der Waals surface area contributed by atoms with Gasteiger partial charge in [0.2, 0.25) is 6.29 Å². The summed E-state index contributed by atoms with van der Waals surface area (Å²) in [5.74, 6) is -1.35. The number of urea groups is 1. The number of carbonyl (C=O) groups is 5. The molecule has 3 saturated heterocycles. The number of amides is 4. The minimum Gasteiger partial charge on any atom is -0.436 e. The first kappa shape index (κ1) is 42.5. The number of aromatic nitrogens is 1. The van der Waals surface area contributed by atoms with Crippen LogP contribution in [0.4, 0.5) is 20.1 Å². The molecular weight excluding hydrogens is 778 g/mol. The van der Waals surface area contributed by atoms with Crippen LogP contribution < -0.4 is 11.1 Å². The molecule has 1 unspecified atom stereocenters. The van der Waals surface area contributed by atoms with Gasteiger partial charge < -0.3 is 43.4 Å². The van der Waals surface area contributed by atoms with Crippen LogP contribution in [0, 0.1) is 6.92 Å². The van der Waals surface area contributed by atoms with Crippen LogP contribution in [0.15, 0.2) is 45.6 Å². The second kappa shape index (κ2) is 19.2. The van der Waals surface area contributed by atoms with E-state index in [0.29, 0.717) is 75.3 Å². The van der Waals surface area contributed by atoms with E-state index in [9.17, 15) is 28.8 Å². The molecule has 1 aromatic heterocycles. The molecule has 3 aromatic rings. The Balaban J connectivity index is 0.929. The van der Waals surface area contributed by atoms with Crippen LogP contribution in [0.2, 0.25) is 0 Å². The number of esters is 1. The van der Waals surface area contributed by atoms with E-state index in [1.54, 1.807) is 22.8 Å². The second-order valence-electron chi connectivity index (χ2n) is 15.9. The maximum atomic E-state index is 14.3. The Morgan fingerprint density at radius 3 is 2.28 bits per heavy atom. The molecule has 4 aliphatic rings. The molecule has 2 atom stereocenters. The number of piperazine rings is 1. The highest BCUT2D eigenvalue weighted by atomic mass is 16.8. The number of oxazole rings is 1. The fraction of sp³-hybridized carbons (Fsp3) is 0.571. The SMILES string of the molecule is CCOC(=O)OC(C)OC(=O)CN1CCN(C2CCN(C(=O)[C@@H](Cc3cc(C)c4[nH]c(=O)oc4c3)OC(=O)N3CCC(N4CCc5ccccc5NC4=O)CC3)CC2)CC1. The summed E-state index contributed by atoms with van der Waals surface area (Å²) < 4.78 is 26.3. The van der Waals surface area contributed by atoms with Gasteiger partial charge in [0.15, 0.2) is 11.7 Å². The Morgan fingerprint density at radius 2 is 1.55 bits per heavy atom. The topological polar surface area (TPSA) is 196 Å². The van der Waals surface area contributed by atoms with E-state index in [2.05, 4.69) is 15.2 Å². The number of nitrogens with zero attached hydrogens (tertiary/aromatic N) is 5. The van der Waals surface area contributed by atoms with E-state index in [1.165, 1.54) is 6.92 Å². The summed E-state index contributed by atoms with van der Waals surface area (Å²) in [7, 11) is 0. The smallest absolute Gasteiger partial charge is 0.436 e. The molecule has 0 spiro atoms. The summed E-state index contributed by atoms with van der Waals surface area (Å²) in [4.78, 5) is 89.5. The lowest BCUT2D eigenvalue weighted by molar-refractivity contribution is -0.169. The Morgan fingerprint density at radius 1 is 0.850 bits per heavy atom. The van der Waals surface area contributed by atoms with E-state index in [0.717, 1.165) is 49.2 Å². The van der Waals surface area contributed by atoms with Crippen molar-refractivity contribution in [1.82, 2.24) is 29.5 Å². The molecule has 0 radical (unpaired) electrons. The Kier molecular flexibility index (Phi) is 13.6. The molecule has 324 valence electrons. The van der Waals surface area contributed by atoms with Crippen molar-refractivity contribution >= 4 is 46.9 Å². The lowest BCUT2D eigenvalue weighted by Crippen LogP contribution is -2.55. The zero-order valence-electron chi connectivity index (χ0n) is 34.5. The maximum Gasteiger partial charge on any atom is 0.511 e. The molecule has 18 heteroatoms. The molecule has 2 N–H and O–H groups in total. The van der Waals surface area contributed by atoms with Crippen molar-refractivity contribution in [3.63, 3.8) is 0 Å². The Bertz CT molecular complexity index is 2080. The van der Waals surface area contributed by atoms with Crippen LogP contribution in [0.1, 0.15) is 56.2 Å². The van der Waals surface area contributed by atoms with Crippen LogP contribution in [0.25, 0.3) is 11.1 Å². The quantitative estimate of drug-likeness (QED) is 0.161. The number of aromatic amines is 1. The molecule has 18 nitrogen and oxygen atoms in total. The molecular formula is C42H55N7O11. The summed E-state index contributed by atoms with van der Waals surface area (Å²) >= 11 is 0. The lowest BCUT2D eigenvalue weighted by Gasteiger charge is -2.43. The summed E-state index contributed by atoms with van der Waals surface area (Å²) in [6, 6.07) is 11.4. The fourth-order valence-electron chi connectivity index (χ4n) is 8.76. The van der Waals surface area contributed by atoms with Gasteiger partial charge in [0, 0.05) is 90.0 Å². The van der Waals surface area contributed by atoms with Crippen molar-refractivity contribution in [3.8, 4) is 0 Å². The van der Waals surface area contributed by atoms with Gasteiger partial charge in [-0.1, -0.05) is 24.3 Å². The highest BCUT2D eigenvalue weighted by Gasteiger charge is 2.37. The van der Waals surface area contributed by atoms with Gasteiger partial charge in [-0.15, -0.1) is 0 Å². The first-order chi connectivity index (χ1) is 28.9. The first-order valence-electron chi connectivity index (χ1n) is 21.0. The van der Waals surface area contributed by atoms with E-state index in [-0.39, 0.29) is 43.6 Å². The highest BCUT2D eigenvalue weighted by Crippen LogP contribution is 2.27. The van der Waals surface area contributed by atoms with Crippen molar-refractivity contribution in [2.75, 3.05) is 77.4 Å². The number of benzene rings is 2. The number of nitrogens with one attached hydrogen (secondary N) is 2. The molecule has 7 rings (SSSR count). The average molecular weight is 834 g/mol. The average Bonchev–Trinajstić information content (AvgIpc) is 3.53. The van der Waals surface area contributed by atoms with Crippen molar-refractivity contribution in [1.29, 1.82) is 0 Å². The predicted octanol–water partition coefficient (Wildman–Crippen LogP) is 3.70. The van der Waals surface area contributed by atoms with Gasteiger partial charge in [0.1, 0.15) is 0 Å². The number of carbonyl (C=O) groups excluding carboxylic acids is 5. The monoisotopic (exact) mass is 833 g/mol. The van der Waals surface area contributed by atoms with Crippen LogP contribution >= 0.6 is 0 Å². The van der Waals surface area contributed by atoms with Gasteiger partial charge in [0.05, 0.1) is 18.7 Å². The zero-order valence-corrected chi connectivity index (χ0v) is 34.5. The normalized spacial score (nSPS) is 19.5. The molecule has 5 heterocycles. The number of piperidine rings is 2. The summed E-state index contributed by atoms with van der Waals surface area (Å²) in [5, 5.41) is 3.03. The standard InChI is InChI=1S/C42H55N7O11/c1-4-56-42(55)58-28(3)57-36(50)26-45-19-21-46(22-20-45)31-10-14-47(15-11-31)38(51)35(25-29-23-27(2)37-34(24-29)59-40(53)44-37)60-41(54)48-16-12-32(13-17-48)49-18-9-30-7-5-6-8-33(30)43-39(49)52/h5-8,23-24,28,31-32,35H,4,9-22,25-26H2,1-3H3,(H,43,52)(H,44,53)/t28?,35-/m1/s1. The third-order valence-corrected chi connectivity index (χ3v) is 11.9. The third kappa shape index (κ3) is 10.4. The summed E-state index contributed by atoms with van der Waals surface area (Å²) in [6.45, 7) is 10.3. The van der Waals surface area contributed by atoms with E-state index >= 15 is 0 Å². The van der Waals surface area contributed by atoms with Gasteiger partial charge in [-0.05, 0) is 74.8 Å². The third-order valence-electron chi connectivity index (χ3n) is 11.9. The van der Waals surface area contributed by atoms with Crippen LogP contribution in [0.3, 0.4) is 0 Å². The summed E-state index contributed by atoms with van der Waals surface area (Å²) in [6.07, 6.45) is -0.174. The Hall–Kier alpha value is -5.62. The first-order valence-corrected chi connectivity index (χ1v) is 21.0. The number of rotatable bonds is 11. The molecule has 60 heavy (non-hydrogen) atoms. The fourth-order valence-corrected chi connectivity index (χ4v) is 8.76. The number of ether oxygens (including phenoxy) is 4. The van der Waals surface area contributed by atoms with Gasteiger partial charge in [-0.25, -0.2) is 19.2 Å². The second-order valence-corrected chi connectivity index (χ2v) is 15.9. The molecule has 0 aliphatic carbocycles. The number of hydrogen-bond acceptors (Lipinski definition) is 13. The van der Waals surface area contributed by atoms with E-state index in [4.69, 9.17) is 23.4 Å². The molecule has 4 amide bonds. The van der Waals surface area contributed by atoms with Crippen molar-refractivity contribution in [2.45, 2.75) is 83.8 Å². The van der Waals surface area contributed by atoms with Crippen LogP contribution in [-0.4, -0.2) is 156 Å². The van der Waals surface area contributed by atoms with E-state index in [1.807, 2.05) is 47.1 Å². The largest absolute Gasteiger partial charge is 0.511 e. The number of para-hydroxylation sites is 1. The van der Waals surface area contributed by atoms with Gasteiger partial charge in [0.25, 0.3) is 5.91 Å². The van der Waals surface area contributed by atoms with Crippen LogP contribution in [-0.2, 0) is 41.4 Å². The summed E-state index contributed by atoms with van der Waals surface area (Å²) in [5.41, 5.74) is 4.32. The molecule has 3 fully saturated rings. The van der Waals surface area contributed by atoms with Gasteiger partial charge in [-0.2, -0.15) is 0 Å². The number of anilines is 1. The molecule has 2 aromatic carbocycles. The van der Waals surface area contributed by atoms with Gasteiger partial charge in [-0.3, -0.25) is 24.4 Å². The Labute approximate surface area is 348 Å². The maximum absolute atomic E-state index is 14.3. The minimum atomic E-state index is -1.11. The van der Waals surface area contributed by atoms with Crippen molar-refractivity contribution in [2.24, 2.45) is 0 Å². The number of H-pyrrole nitrogens is 1. The number of likely N-dealkylation sites (tertiary alicyclic amines) is 2. The number of fused-ring (bicyclic) bond motifs is 2. The molecule has 4 aliphatic heterocycles. The minimum absolute atomic E-state index is 0.0414. The zero-order chi connectivity index (χ0) is 42.3. The number of hydrogen-bond donors (Lipinski definition) is 2. The van der Waals surface area contributed by atoms with Crippen LogP contribution in [0.5, 0.6) is 0 Å². The van der Waals surface area contributed by atoms with Crippen molar-refractivity contribution in [3.05, 3.63) is 63.6 Å². The highest BCUT2D eigenvalue weighted by molar-refractivity contribution is 5.91. The molecule has 0 bridgehead atoms. The van der Waals surface area contributed by atoms with Crippen molar-refractivity contribution < 1.29 is 47.3 Å². The van der Waals surface area contributed by atoms with E-state index < -0.39 is 36.4 Å². The molecule has 0 saturated carbocycles. The lowest BCUT2D eigenvalue weighted by atomic mass is 9.99.